The monoisotopic (exact) mass is 243 g/mol. The van der Waals surface area contributed by atoms with Gasteiger partial charge in [0.15, 0.2) is 0 Å². The van der Waals surface area contributed by atoms with Crippen LogP contribution in [-0.2, 0) is 6.54 Å². The van der Waals surface area contributed by atoms with Gasteiger partial charge in [0.1, 0.15) is 0 Å². The molecule has 0 spiro atoms. The van der Waals surface area contributed by atoms with Crippen LogP contribution in [0.5, 0.6) is 0 Å². The van der Waals surface area contributed by atoms with E-state index in [9.17, 15) is 0 Å². The third-order valence-corrected chi connectivity index (χ3v) is 3.86. The van der Waals surface area contributed by atoms with Crippen molar-refractivity contribution in [1.82, 2.24) is 9.80 Å². The summed E-state index contributed by atoms with van der Waals surface area (Å²) >= 11 is 0. The first-order valence-corrected chi connectivity index (χ1v) is 6.44. The molecule has 0 saturated carbocycles. The van der Waals surface area contributed by atoms with Crippen molar-refractivity contribution < 1.29 is 0 Å². The molecule has 1 aromatic rings. The van der Waals surface area contributed by atoms with Crippen LogP contribution in [0, 0.1) is 11.3 Å². The first-order valence-electron chi connectivity index (χ1n) is 6.44. The van der Waals surface area contributed by atoms with Crippen molar-refractivity contribution in [2.45, 2.75) is 25.9 Å². The van der Waals surface area contributed by atoms with Gasteiger partial charge in [-0.15, -0.1) is 0 Å². The molecule has 0 aliphatic carbocycles. The Morgan fingerprint density at radius 3 is 2.78 bits per heavy atom. The topological polar surface area (TPSA) is 30.3 Å². The van der Waals surface area contributed by atoms with Gasteiger partial charge in [-0.3, -0.25) is 9.80 Å². The van der Waals surface area contributed by atoms with Gasteiger partial charge in [0.25, 0.3) is 0 Å². The van der Waals surface area contributed by atoms with E-state index in [0.717, 1.165) is 31.7 Å². The minimum absolute atomic E-state index is 0.227. The molecule has 96 valence electrons. The zero-order chi connectivity index (χ0) is 13.2. The fourth-order valence-electron chi connectivity index (χ4n) is 2.47. The summed E-state index contributed by atoms with van der Waals surface area (Å²) in [6, 6.07) is 10.1. The minimum Gasteiger partial charge on any atom is -0.299 e. The molecule has 1 heterocycles. The van der Waals surface area contributed by atoms with Crippen LogP contribution in [0.2, 0.25) is 0 Å². The number of nitrogens with zero attached hydrogens (tertiary/aromatic N) is 3. The van der Waals surface area contributed by atoms with Crippen molar-refractivity contribution in [3.63, 3.8) is 0 Å². The van der Waals surface area contributed by atoms with Gasteiger partial charge < -0.3 is 0 Å². The van der Waals surface area contributed by atoms with E-state index in [1.807, 2.05) is 18.2 Å². The van der Waals surface area contributed by atoms with E-state index in [4.69, 9.17) is 5.26 Å². The summed E-state index contributed by atoms with van der Waals surface area (Å²) in [5.41, 5.74) is 2.21. The lowest BCUT2D eigenvalue weighted by Crippen LogP contribution is -2.57. The zero-order valence-electron chi connectivity index (χ0n) is 11.5. The Labute approximate surface area is 110 Å². The number of hydrogen-bond acceptors (Lipinski definition) is 3. The predicted molar refractivity (Wildman–Crippen MR) is 73.1 cm³/mol. The molecule has 0 unspecified atom stereocenters. The summed E-state index contributed by atoms with van der Waals surface area (Å²) in [6.07, 6.45) is 0. The fourth-order valence-corrected chi connectivity index (χ4v) is 2.47. The van der Waals surface area contributed by atoms with Crippen molar-refractivity contribution in [1.29, 1.82) is 5.26 Å². The van der Waals surface area contributed by atoms with Gasteiger partial charge in [0.05, 0.1) is 11.6 Å². The van der Waals surface area contributed by atoms with Gasteiger partial charge >= 0.3 is 0 Å². The van der Waals surface area contributed by atoms with Crippen molar-refractivity contribution in [3.05, 3.63) is 35.4 Å². The largest absolute Gasteiger partial charge is 0.299 e. The zero-order valence-corrected chi connectivity index (χ0v) is 11.5. The number of benzene rings is 1. The molecule has 2 rings (SSSR count). The average molecular weight is 243 g/mol. The van der Waals surface area contributed by atoms with E-state index in [2.05, 4.69) is 42.8 Å². The van der Waals surface area contributed by atoms with E-state index in [-0.39, 0.29) is 5.54 Å². The van der Waals surface area contributed by atoms with Crippen LogP contribution in [0.3, 0.4) is 0 Å². The number of rotatable bonds is 2. The van der Waals surface area contributed by atoms with Crippen LogP contribution in [-0.4, -0.2) is 42.0 Å². The second-order valence-corrected chi connectivity index (χ2v) is 5.76. The van der Waals surface area contributed by atoms with Crippen LogP contribution in [0.15, 0.2) is 24.3 Å². The number of hydrogen-bond donors (Lipinski definition) is 0. The van der Waals surface area contributed by atoms with Crippen molar-refractivity contribution in [2.75, 3.05) is 26.7 Å². The van der Waals surface area contributed by atoms with Gasteiger partial charge in [0.2, 0.25) is 0 Å². The maximum Gasteiger partial charge on any atom is 0.0991 e. The molecule has 0 N–H and O–H groups in total. The molecule has 0 atom stereocenters. The highest BCUT2D eigenvalue weighted by atomic mass is 15.3. The fraction of sp³-hybridized carbons (Fsp3) is 0.533. The normalized spacial score (nSPS) is 20.6. The molecular weight excluding hydrogens is 222 g/mol. The number of nitriles is 1. The Bertz CT molecular complexity index is 459. The smallest absolute Gasteiger partial charge is 0.0991 e. The Morgan fingerprint density at radius 2 is 2.11 bits per heavy atom. The van der Waals surface area contributed by atoms with Crippen LogP contribution >= 0.6 is 0 Å². The second kappa shape index (κ2) is 5.09. The molecule has 0 aromatic heterocycles. The van der Waals surface area contributed by atoms with E-state index in [1.54, 1.807) is 0 Å². The molecular formula is C15H21N3. The highest BCUT2D eigenvalue weighted by Crippen LogP contribution is 2.20. The van der Waals surface area contributed by atoms with Gasteiger partial charge in [-0.2, -0.15) is 5.26 Å². The standard InChI is InChI=1S/C15H21N3/c1-15(2)12-18(8-7-17(15)3)11-14-6-4-5-13(9-14)10-16/h4-6,9H,7-8,11-12H2,1-3H3. The highest BCUT2D eigenvalue weighted by Gasteiger charge is 2.30. The van der Waals surface area contributed by atoms with Crippen LogP contribution in [0.25, 0.3) is 0 Å². The van der Waals surface area contributed by atoms with Gasteiger partial charge in [-0.1, -0.05) is 12.1 Å². The molecule has 1 saturated heterocycles. The maximum atomic E-state index is 8.92. The Balaban J connectivity index is 2.04. The van der Waals surface area contributed by atoms with Crippen molar-refractivity contribution >= 4 is 0 Å². The summed E-state index contributed by atoms with van der Waals surface area (Å²) in [7, 11) is 2.19. The van der Waals surface area contributed by atoms with Gasteiger partial charge in [-0.05, 0) is 38.6 Å². The highest BCUT2D eigenvalue weighted by molar-refractivity contribution is 5.32. The quantitative estimate of drug-likeness (QED) is 0.796. The average Bonchev–Trinajstić information content (AvgIpc) is 2.34. The SMILES string of the molecule is CN1CCN(Cc2cccc(C#N)c2)CC1(C)C. The summed E-state index contributed by atoms with van der Waals surface area (Å²) in [5.74, 6) is 0. The van der Waals surface area contributed by atoms with E-state index < -0.39 is 0 Å². The molecule has 0 amide bonds. The number of piperazine rings is 1. The maximum absolute atomic E-state index is 8.92. The van der Waals surface area contributed by atoms with E-state index in [1.165, 1.54) is 5.56 Å². The summed E-state index contributed by atoms with van der Waals surface area (Å²) < 4.78 is 0. The molecule has 1 aromatic carbocycles. The molecule has 18 heavy (non-hydrogen) atoms. The van der Waals surface area contributed by atoms with E-state index in [0.29, 0.717) is 0 Å². The summed E-state index contributed by atoms with van der Waals surface area (Å²) in [4.78, 5) is 4.88. The van der Waals surface area contributed by atoms with Crippen LogP contribution in [0.4, 0.5) is 0 Å². The van der Waals surface area contributed by atoms with Gasteiger partial charge in [-0.25, -0.2) is 0 Å². The molecule has 0 radical (unpaired) electrons. The Hall–Kier alpha value is -1.37. The molecule has 1 aliphatic rings. The lowest BCUT2D eigenvalue weighted by Gasteiger charge is -2.45. The Kier molecular flexibility index (Phi) is 3.70. The van der Waals surface area contributed by atoms with Crippen LogP contribution in [0.1, 0.15) is 25.0 Å². The molecule has 3 nitrogen and oxygen atoms in total. The lowest BCUT2D eigenvalue weighted by atomic mass is 9.99. The molecule has 0 bridgehead atoms. The third kappa shape index (κ3) is 2.90. The summed E-state index contributed by atoms with van der Waals surface area (Å²) in [5, 5.41) is 8.92. The van der Waals surface area contributed by atoms with Crippen molar-refractivity contribution in [2.24, 2.45) is 0 Å². The first-order chi connectivity index (χ1) is 8.51. The predicted octanol–water partition coefficient (Wildman–Crippen LogP) is 2.08. The number of likely N-dealkylation sites (N-methyl/N-ethyl adjacent to an activating group) is 1. The third-order valence-electron chi connectivity index (χ3n) is 3.86. The summed E-state index contributed by atoms with van der Waals surface area (Å²) in [6.45, 7) is 8.77. The minimum atomic E-state index is 0.227. The molecule has 3 heteroatoms. The van der Waals surface area contributed by atoms with Crippen LogP contribution < -0.4 is 0 Å². The van der Waals surface area contributed by atoms with Gasteiger partial charge in [0, 0.05) is 31.7 Å². The first kappa shape index (κ1) is 13.1. The Morgan fingerprint density at radius 1 is 1.33 bits per heavy atom. The molecule has 1 fully saturated rings. The molecule has 1 aliphatic heterocycles. The van der Waals surface area contributed by atoms with Crippen molar-refractivity contribution in [3.8, 4) is 6.07 Å². The lowest BCUT2D eigenvalue weighted by molar-refractivity contribution is 0.0360. The van der Waals surface area contributed by atoms with E-state index >= 15 is 0 Å². The second-order valence-electron chi connectivity index (χ2n) is 5.76.